The molecule has 0 radical (unpaired) electrons. The fourth-order valence-corrected chi connectivity index (χ4v) is 2.53. The molecule has 6 heteroatoms. The third kappa shape index (κ3) is 5.28. The quantitative estimate of drug-likeness (QED) is 0.661. The molecule has 3 aromatic rings. The SMILES string of the molecule is COc1ccc(CCNc2ccc(C(=O)Nc3cccc(F)c3)cn2)cc1. The van der Waals surface area contributed by atoms with Crippen molar-refractivity contribution in [2.75, 3.05) is 24.3 Å². The average Bonchev–Trinajstić information content (AvgIpc) is 2.69. The zero-order chi connectivity index (χ0) is 19.1. The Labute approximate surface area is 157 Å². The van der Waals surface area contributed by atoms with Gasteiger partial charge in [-0.2, -0.15) is 0 Å². The van der Waals surface area contributed by atoms with Crippen molar-refractivity contribution in [1.82, 2.24) is 4.98 Å². The number of benzene rings is 2. The van der Waals surface area contributed by atoms with E-state index in [-0.39, 0.29) is 5.91 Å². The van der Waals surface area contributed by atoms with Crippen molar-refractivity contribution >= 4 is 17.4 Å². The molecule has 3 rings (SSSR count). The van der Waals surface area contributed by atoms with Crippen molar-refractivity contribution < 1.29 is 13.9 Å². The van der Waals surface area contributed by atoms with E-state index in [9.17, 15) is 9.18 Å². The second kappa shape index (κ2) is 8.80. The first-order valence-electron chi connectivity index (χ1n) is 8.54. The van der Waals surface area contributed by atoms with Crippen LogP contribution in [-0.2, 0) is 6.42 Å². The van der Waals surface area contributed by atoms with E-state index in [1.807, 2.05) is 24.3 Å². The molecule has 27 heavy (non-hydrogen) atoms. The third-order valence-corrected chi connectivity index (χ3v) is 3.99. The first-order valence-corrected chi connectivity index (χ1v) is 8.54. The zero-order valence-electron chi connectivity index (χ0n) is 14.9. The van der Waals surface area contributed by atoms with Crippen LogP contribution in [0.3, 0.4) is 0 Å². The summed E-state index contributed by atoms with van der Waals surface area (Å²) < 4.78 is 18.3. The molecule has 2 N–H and O–H groups in total. The highest BCUT2D eigenvalue weighted by molar-refractivity contribution is 6.04. The number of amides is 1. The summed E-state index contributed by atoms with van der Waals surface area (Å²) in [5.41, 5.74) is 2.00. The number of hydrogen-bond donors (Lipinski definition) is 2. The number of nitrogens with zero attached hydrogens (tertiary/aromatic N) is 1. The maximum Gasteiger partial charge on any atom is 0.257 e. The maximum atomic E-state index is 13.2. The van der Waals surface area contributed by atoms with Crippen molar-refractivity contribution in [3.8, 4) is 5.75 Å². The molecule has 5 nitrogen and oxygen atoms in total. The van der Waals surface area contributed by atoms with Gasteiger partial charge in [0.15, 0.2) is 0 Å². The number of rotatable bonds is 7. The second-order valence-corrected chi connectivity index (χ2v) is 5.92. The Morgan fingerprint density at radius 2 is 1.93 bits per heavy atom. The Kier molecular flexibility index (Phi) is 5.99. The fraction of sp³-hybridized carbons (Fsp3) is 0.143. The van der Waals surface area contributed by atoms with Crippen molar-refractivity contribution in [2.24, 2.45) is 0 Å². The van der Waals surface area contributed by atoms with E-state index in [0.717, 1.165) is 12.2 Å². The molecule has 2 aromatic carbocycles. The molecular formula is C21H20FN3O2. The van der Waals surface area contributed by atoms with Gasteiger partial charge in [0.05, 0.1) is 12.7 Å². The van der Waals surface area contributed by atoms with Crippen LogP contribution >= 0.6 is 0 Å². The average molecular weight is 365 g/mol. The van der Waals surface area contributed by atoms with E-state index in [0.29, 0.717) is 23.6 Å². The number of anilines is 2. The van der Waals surface area contributed by atoms with E-state index >= 15 is 0 Å². The van der Waals surface area contributed by atoms with Gasteiger partial charge in [0.2, 0.25) is 0 Å². The number of carbonyl (C=O) groups excluding carboxylic acids is 1. The Morgan fingerprint density at radius 1 is 1.11 bits per heavy atom. The number of methoxy groups -OCH3 is 1. The summed E-state index contributed by atoms with van der Waals surface area (Å²) in [6.07, 6.45) is 2.33. The molecule has 0 aliphatic rings. The molecular weight excluding hydrogens is 345 g/mol. The maximum absolute atomic E-state index is 13.2. The molecule has 0 spiro atoms. The first-order chi connectivity index (χ1) is 13.1. The molecule has 0 unspecified atom stereocenters. The van der Waals surface area contributed by atoms with Crippen LogP contribution in [0.25, 0.3) is 0 Å². The molecule has 0 fully saturated rings. The highest BCUT2D eigenvalue weighted by Gasteiger charge is 2.07. The Bertz CT molecular complexity index is 896. The number of halogens is 1. The van der Waals surface area contributed by atoms with E-state index in [4.69, 9.17) is 4.74 Å². The minimum atomic E-state index is -0.401. The Balaban J connectivity index is 1.51. The van der Waals surface area contributed by atoms with Crippen molar-refractivity contribution in [3.05, 3.63) is 83.8 Å². The third-order valence-electron chi connectivity index (χ3n) is 3.99. The molecule has 1 heterocycles. The lowest BCUT2D eigenvalue weighted by Crippen LogP contribution is -2.13. The van der Waals surface area contributed by atoms with Gasteiger partial charge in [0.1, 0.15) is 17.4 Å². The topological polar surface area (TPSA) is 63.2 Å². The number of nitrogens with one attached hydrogen (secondary N) is 2. The van der Waals surface area contributed by atoms with Gasteiger partial charge in [-0.05, 0) is 54.4 Å². The molecule has 1 aromatic heterocycles. The van der Waals surface area contributed by atoms with Gasteiger partial charge in [-0.1, -0.05) is 18.2 Å². The standard InChI is InChI=1S/C21H20FN3O2/c1-27-19-8-5-15(6-9-19)11-12-23-20-10-7-16(14-24-20)21(26)25-18-4-2-3-17(22)13-18/h2-10,13-14H,11-12H2,1H3,(H,23,24)(H,25,26). The van der Waals surface area contributed by atoms with Crippen LogP contribution in [0.5, 0.6) is 5.75 Å². The van der Waals surface area contributed by atoms with Crippen LogP contribution in [-0.4, -0.2) is 24.5 Å². The minimum Gasteiger partial charge on any atom is -0.497 e. The van der Waals surface area contributed by atoms with Crippen LogP contribution in [0, 0.1) is 5.82 Å². The normalized spacial score (nSPS) is 10.3. The summed E-state index contributed by atoms with van der Waals surface area (Å²) in [6, 6.07) is 17.1. The van der Waals surface area contributed by atoms with E-state index in [2.05, 4.69) is 15.6 Å². The Morgan fingerprint density at radius 3 is 2.59 bits per heavy atom. The van der Waals surface area contributed by atoms with Gasteiger partial charge in [-0.3, -0.25) is 4.79 Å². The molecule has 0 aliphatic heterocycles. The molecule has 0 saturated carbocycles. The predicted octanol–water partition coefficient (Wildman–Crippen LogP) is 4.14. The van der Waals surface area contributed by atoms with Crippen molar-refractivity contribution in [2.45, 2.75) is 6.42 Å². The highest BCUT2D eigenvalue weighted by Crippen LogP contribution is 2.13. The molecule has 0 bridgehead atoms. The molecule has 1 amide bonds. The van der Waals surface area contributed by atoms with Gasteiger partial charge >= 0.3 is 0 Å². The largest absolute Gasteiger partial charge is 0.497 e. The summed E-state index contributed by atoms with van der Waals surface area (Å²) in [5.74, 6) is 0.784. The van der Waals surface area contributed by atoms with Crippen LogP contribution in [0.4, 0.5) is 15.9 Å². The van der Waals surface area contributed by atoms with Gasteiger partial charge in [-0.15, -0.1) is 0 Å². The zero-order valence-corrected chi connectivity index (χ0v) is 14.9. The number of pyridine rings is 1. The molecule has 0 atom stereocenters. The molecule has 0 aliphatic carbocycles. The second-order valence-electron chi connectivity index (χ2n) is 5.92. The van der Waals surface area contributed by atoms with Gasteiger partial charge in [0.25, 0.3) is 5.91 Å². The number of ether oxygens (including phenoxy) is 1. The molecule has 138 valence electrons. The van der Waals surface area contributed by atoms with E-state index in [1.165, 1.54) is 23.9 Å². The Hall–Kier alpha value is -3.41. The van der Waals surface area contributed by atoms with Crippen LogP contribution in [0.1, 0.15) is 15.9 Å². The first kappa shape index (κ1) is 18.4. The van der Waals surface area contributed by atoms with Crippen molar-refractivity contribution in [1.29, 1.82) is 0 Å². The number of hydrogen-bond acceptors (Lipinski definition) is 4. The minimum absolute atomic E-state index is 0.335. The summed E-state index contributed by atoms with van der Waals surface area (Å²) in [6.45, 7) is 0.716. The van der Waals surface area contributed by atoms with E-state index < -0.39 is 5.82 Å². The van der Waals surface area contributed by atoms with E-state index in [1.54, 1.807) is 31.4 Å². The fourth-order valence-electron chi connectivity index (χ4n) is 2.53. The van der Waals surface area contributed by atoms with Crippen LogP contribution in [0.15, 0.2) is 66.9 Å². The monoisotopic (exact) mass is 365 g/mol. The van der Waals surface area contributed by atoms with Crippen LogP contribution < -0.4 is 15.4 Å². The predicted molar refractivity (Wildman–Crippen MR) is 104 cm³/mol. The summed E-state index contributed by atoms with van der Waals surface area (Å²) in [4.78, 5) is 16.4. The smallest absolute Gasteiger partial charge is 0.257 e. The number of aromatic nitrogens is 1. The molecule has 0 saturated heterocycles. The lowest BCUT2D eigenvalue weighted by molar-refractivity contribution is 0.102. The lowest BCUT2D eigenvalue weighted by atomic mass is 10.1. The lowest BCUT2D eigenvalue weighted by Gasteiger charge is -2.08. The summed E-state index contributed by atoms with van der Waals surface area (Å²) in [5, 5.41) is 5.86. The summed E-state index contributed by atoms with van der Waals surface area (Å²) in [7, 11) is 1.64. The van der Waals surface area contributed by atoms with Gasteiger partial charge in [0, 0.05) is 18.4 Å². The van der Waals surface area contributed by atoms with Crippen LogP contribution in [0.2, 0.25) is 0 Å². The van der Waals surface area contributed by atoms with Gasteiger partial charge < -0.3 is 15.4 Å². The summed E-state index contributed by atoms with van der Waals surface area (Å²) >= 11 is 0. The number of carbonyl (C=O) groups is 1. The highest BCUT2D eigenvalue weighted by atomic mass is 19.1. The van der Waals surface area contributed by atoms with Gasteiger partial charge in [-0.25, -0.2) is 9.37 Å². The van der Waals surface area contributed by atoms with Crippen molar-refractivity contribution in [3.63, 3.8) is 0 Å².